The van der Waals surface area contributed by atoms with Crippen LogP contribution in [0.15, 0.2) is 84.9 Å². The van der Waals surface area contributed by atoms with Gasteiger partial charge >= 0.3 is 0 Å². The highest BCUT2D eigenvalue weighted by Gasteiger charge is 2.23. The van der Waals surface area contributed by atoms with Gasteiger partial charge in [0.15, 0.2) is 6.61 Å². The highest BCUT2D eigenvalue weighted by molar-refractivity contribution is 6.13. The fourth-order valence-electron chi connectivity index (χ4n) is 5.22. The van der Waals surface area contributed by atoms with Gasteiger partial charge < -0.3 is 4.74 Å². The summed E-state index contributed by atoms with van der Waals surface area (Å²) in [6, 6.07) is 29.7. The maximum absolute atomic E-state index is 11.6. The molecule has 7 rings (SSSR count). The van der Waals surface area contributed by atoms with Crippen molar-refractivity contribution >= 4 is 38.1 Å². The SMILES string of the molecule is O=C1COc2ccc3ccccc3c21.c1ccc2c(c1)ccc1c3c(ccc12)CCCC3. The molecule has 1 aliphatic heterocycles. The van der Waals surface area contributed by atoms with E-state index in [1.807, 2.05) is 36.4 Å². The number of ether oxygens (including phenoxy) is 1. The lowest BCUT2D eigenvalue weighted by molar-refractivity contribution is 0.0962. The number of Topliss-reactive ketones (excluding diaryl/α,β-unsaturated/α-hetero) is 1. The molecule has 0 fully saturated rings. The van der Waals surface area contributed by atoms with Crippen LogP contribution < -0.4 is 4.74 Å². The summed E-state index contributed by atoms with van der Waals surface area (Å²) in [6.07, 6.45) is 5.22. The minimum Gasteiger partial charge on any atom is -0.485 e. The van der Waals surface area contributed by atoms with Crippen molar-refractivity contribution < 1.29 is 9.53 Å². The molecule has 2 heteroatoms. The minimum atomic E-state index is 0.0804. The van der Waals surface area contributed by atoms with Crippen molar-refractivity contribution in [3.63, 3.8) is 0 Å². The van der Waals surface area contributed by atoms with Gasteiger partial charge in [-0.25, -0.2) is 0 Å². The molecular formula is C30H24O2. The summed E-state index contributed by atoms with van der Waals surface area (Å²) in [7, 11) is 0. The Labute approximate surface area is 187 Å². The molecule has 0 radical (unpaired) electrons. The van der Waals surface area contributed by atoms with Gasteiger partial charge in [-0.2, -0.15) is 0 Å². The molecule has 1 heterocycles. The van der Waals surface area contributed by atoms with Crippen molar-refractivity contribution in [3.05, 3.63) is 102 Å². The first-order valence-electron chi connectivity index (χ1n) is 11.4. The number of ketones is 1. The van der Waals surface area contributed by atoms with Gasteiger partial charge in [-0.15, -0.1) is 0 Å². The van der Waals surface area contributed by atoms with Crippen molar-refractivity contribution in [2.75, 3.05) is 6.61 Å². The van der Waals surface area contributed by atoms with Crippen LogP contribution in [0.5, 0.6) is 5.75 Å². The smallest absolute Gasteiger partial charge is 0.204 e. The van der Waals surface area contributed by atoms with Crippen LogP contribution in [0.1, 0.15) is 34.3 Å². The minimum absolute atomic E-state index is 0.0804. The molecular weight excluding hydrogens is 392 g/mol. The lowest BCUT2D eigenvalue weighted by Gasteiger charge is -2.18. The Bertz CT molecular complexity index is 1500. The molecule has 2 nitrogen and oxygen atoms in total. The number of carbonyl (C=O) groups is 1. The van der Waals surface area contributed by atoms with Gasteiger partial charge in [0.2, 0.25) is 5.78 Å². The van der Waals surface area contributed by atoms with Crippen LogP contribution in [0.3, 0.4) is 0 Å². The maximum Gasteiger partial charge on any atom is 0.204 e. The molecule has 1 aliphatic carbocycles. The molecule has 32 heavy (non-hydrogen) atoms. The maximum atomic E-state index is 11.6. The molecule has 2 aliphatic rings. The third kappa shape index (κ3) is 3.15. The third-order valence-corrected chi connectivity index (χ3v) is 6.79. The van der Waals surface area contributed by atoms with E-state index in [4.69, 9.17) is 4.74 Å². The zero-order valence-corrected chi connectivity index (χ0v) is 17.9. The Kier molecular flexibility index (Phi) is 4.65. The first kappa shape index (κ1) is 19.1. The molecule has 5 aromatic carbocycles. The first-order chi connectivity index (χ1) is 15.8. The van der Waals surface area contributed by atoms with Gasteiger partial charge in [0.05, 0.1) is 5.56 Å². The second-order valence-corrected chi connectivity index (χ2v) is 8.66. The van der Waals surface area contributed by atoms with Gasteiger partial charge in [0.25, 0.3) is 0 Å². The number of rotatable bonds is 0. The lowest BCUT2D eigenvalue weighted by Crippen LogP contribution is -2.02. The zero-order valence-electron chi connectivity index (χ0n) is 17.9. The monoisotopic (exact) mass is 416 g/mol. The molecule has 0 saturated carbocycles. The normalized spacial score (nSPS) is 14.6. The average Bonchev–Trinajstić information content (AvgIpc) is 3.25. The van der Waals surface area contributed by atoms with Crippen LogP contribution in [-0.2, 0) is 12.8 Å². The summed E-state index contributed by atoms with van der Waals surface area (Å²) >= 11 is 0. The average molecular weight is 417 g/mol. The Hall–Kier alpha value is -3.65. The molecule has 0 atom stereocenters. The number of benzene rings is 5. The molecule has 5 aromatic rings. The number of hydrogen-bond donors (Lipinski definition) is 0. The van der Waals surface area contributed by atoms with Gasteiger partial charge in [-0.05, 0) is 75.2 Å². The molecule has 0 unspecified atom stereocenters. The van der Waals surface area contributed by atoms with E-state index in [0.29, 0.717) is 5.75 Å². The van der Waals surface area contributed by atoms with Crippen LogP contribution in [-0.4, -0.2) is 12.4 Å². The predicted octanol–water partition coefficient (Wildman–Crippen LogP) is 7.29. The van der Waals surface area contributed by atoms with E-state index < -0.39 is 0 Å². The second kappa shape index (κ2) is 7.80. The number of fused-ring (bicyclic) bond motifs is 8. The Morgan fingerprint density at radius 3 is 2.16 bits per heavy atom. The first-order valence-corrected chi connectivity index (χ1v) is 11.4. The highest BCUT2D eigenvalue weighted by atomic mass is 16.5. The largest absolute Gasteiger partial charge is 0.485 e. The van der Waals surface area contributed by atoms with Gasteiger partial charge in [-0.3, -0.25) is 4.79 Å². The summed E-state index contributed by atoms with van der Waals surface area (Å²) in [4.78, 5) is 11.6. The van der Waals surface area contributed by atoms with E-state index in [0.717, 1.165) is 16.3 Å². The number of hydrogen-bond acceptors (Lipinski definition) is 2. The predicted molar refractivity (Wildman–Crippen MR) is 132 cm³/mol. The van der Waals surface area contributed by atoms with E-state index in [1.165, 1.54) is 47.2 Å². The standard InChI is InChI=1S/C18H16.C12H8O2/c1-3-7-15-13(5-1)9-11-18-16-8-4-2-6-14(16)10-12-17(15)18;13-10-7-14-11-6-5-8-3-1-2-4-9(8)12(10)11/h1,3,5,7,9-12H,2,4,6,8H2;1-6H,7H2. The van der Waals surface area contributed by atoms with Gasteiger partial charge in [0, 0.05) is 0 Å². The highest BCUT2D eigenvalue weighted by Crippen LogP contribution is 2.33. The fraction of sp³-hybridized carbons (Fsp3) is 0.167. The Morgan fingerprint density at radius 2 is 1.28 bits per heavy atom. The van der Waals surface area contributed by atoms with Crippen molar-refractivity contribution in [1.29, 1.82) is 0 Å². The third-order valence-electron chi connectivity index (χ3n) is 6.79. The van der Waals surface area contributed by atoms with Crippen molar-refractivity contribution in [1.82, 2.24) is 0 Å². The molecule has 156 valence electrons. The van der Waals surface area contributed by atoms with E-state index in [1.54, 1.807) is 11.1 Å². The van der Waals surface area contributed by atoms with Crippen molar-refractivity contribution in [2.45, 2.75) is 25.7 Å². The van der Waals surface area contributed by atoms with Gasteiger partial charge in [0.1, 0.15) is 5.75 Å². The summed E-state index contributed by atoms with van der Waals surface area (Å²) in [5.41, 5.74) is 3.91. The molecule has 0 N–H and O–H groups in total. The second-order valence-electron chi connectivity index (χ2n) is 8.66. The van der Waals surface area contributed by atoms with Gasteiger partial charge in [-0.1, -0.05) is 78.9 Å². The Balaban J connectivity index is 0.000000126. The lowest BCUT2D eigenvalue weighted by atomic mass is 9.86. The Morgan fingerprint density at radius 1 is 0.594 bits per heavy atom. The van der Waals surface area contributed by atoms with Crippen molar-refractivity contribution in [3.8, 4) is 5.75 Å². The van der Waals surface area contributed by atoms with E-state index in [-0.39, 0.29) is 12.4 Å². The number of aryl methyl sites for hydroxylation is 2. The van der Waals surface area contributed by atoms with Crippen LogP contribution in [0.2, 0.25) is 0 Å². The van der Waals surface area contributed by atoms with E-state index in [2.05, 4.69) is 48.5 Å². The van der Waals surface area contributed by atoms with Crippen molar-refractivity contribution in [2.24, 2.45) is 0 Å². The van der Waals surface area contributed by atoms with Crippen LogP contribution in [0.4, 0.5) is 0 Å². The fourth-order valence-corrected chi connectivity index (χ4v) is 5.22. The molecule has 0 bridgehead atoms. The summed E-state index contributed by atoms with van der Waals surface area (Å²) in [6.45, 7) is 0.184. The van der Waals surface area contributed by atoms with Crippen LogP contribution in [0.25, 0.3) is 32.3 Å². The van der Waals surface area contributed by atoms with Crippen LogP contribution in [0, 0.1) is 0 Å². The summed E-state index contributed by atoms with van der Waals surface area (Å²) in [5, 5.41) is 7.72. The van der Waals surface area contributed by atoms with E-state index >= 15 is 0 Å². The summed E-state index contributed by atoms with van der Waals surface area (Å²) in [5.74, 6) is 0.797. The molecule has 0 aromatic heterocycles. The summed E-state index contributed by atoms with van der Waals surface area (Å²) < 4.78 is 5.27. The molecule has 0 saturated heterocycles. The molecule has 0 amide bonds. The zero-order chi connectivity index (χ0) is 21.5. The molecule has 0 spiro atoms. The number of carbonyl (C=O) groups excluding carboxylic acids is 1. The van der Waals surface area contributed by atoms with E-state index in [9.17, 15) is 4.79 Å². The topological polar surface area (TPSA) is 26.3 Å². The van der Waals surface area contributed by atoms with Crippen LogP contribution >= 0.6 is 0 Å². The quantitative estimate of drug-likeness (QED) is 0.248.